The summed E-state index contributed by atoms with van der Waals surface area (Å²) in [6.45, 7) is 3.96. The van der Waals surface area contributed by atoms with Crippen molar-refractivity contribution in [1.29, 1.82) is 0 Å². The summed E-state index contributed by atoms with van der Waals surface area (Å²) in [6, 6.07) is 4.88. The molecule has 0 radical (unpaired) electrons. The molecular weight excluding hydrogens is 298 g/mol. The number of H-pyrrole nitrogens is 1. The van der Waals surface area contributed by atoms with Gasteiger partial charge in [-0.3, -0.25) is 14.2 Å². The second-order valence-electron chi connectivity index (χ2n) is 6.10. The second-order valence-corrected chi connectivity index (χ2v) is 6.10. The van der Waals surface area contributed by atoms with Gasteiger partial charge >= 0.3 is 11.7 Å². The Morgan fingerprint density at radius 1 is 1.35 bits per heavy atom. The van der Waals surface area contributed by atoms with E-state index in [9.17, 15) is 19.5 Å². The SMILES string of the molecule is CC(C)CC(CNC(=O)c1ccc2[nH]c(=O)n(C)c2c1)C(=O)O. The number of aliphatic carboxylic acids is 1. The summed E-state index contributed by atoms with van der Waals surface area (Å²) in [5.74, 6) is -1.64. The maximum atomic E-state index is 12.2. The van der Waals surface area contributed by atoms with Gasteiger partial charge in [0.15, 0.2) is 0 Å². The average molecular weight is 319 g/mol. The van der Waals surface area contributed by atoms with Crippen LogP contribution >= 0.6 is 0 Å². The van der Waals surface area contributed by atoms with Crippen LogP contribution in [0.15, 0.2) is 23.0 Å². The summed E-state index contributed by atoms with van der Waals surface area (Å²) in [6.07, 6.45) is 0.501. The first kappa shape index (κ1) is 16.8. The largest absolute Gasteiger partial charge is 0.481 e. The molecule has 0 aliphatic heterocycles. The number of fused-ring (bicyclic) bond motifs is 1. The standard InChI is InChI=1S/C16H21N3O4/c1-9(2)6-11(15(21)22)8-17-14(20)10-4-5-12-13(7-10)19(3)16(23)18-12/h4-5,7,9,11H,6,8H2,1-3H3,(H,17,20)(H,18,23)(H,21,22). The molecule has 0 fully saturated rings. The first-order valence-corrected chi connectivity index (χ1v) is 7.49. The molecule has 23 heavy (non-hydrogen) atoms. The highest BCUT2D eigenvalue weighted by Gasteiger charge is 2.20. The molecule has 0 saturated carbocycles. The molecule has 124 valence electrons. The number of hydrogen-bond acceptors (Lipinski definition) is 3. The number of carbonyl (C=O) groups is 2. The Bertz CT molecular complexity index is 788. The van der Waals surface area contributed by atoms with E-state index in [-0.39, 0.29) is 24.1 Å². The molecule has 2 rings (SSSR count). The molecule has 0 saturated heterocycles. The molecule has 1 aromatic carbocycles. The summed E-state index contributed by atoms with van der Waals surface area (Å²) >= 11 is 0. The van der Waals surface area contributed by atoms with Gasteiger partial charge in [-0.15, -0.1) is 0 Å². The number of amides is 1. The van der Waals surface area contributed by atoms with Gasteiger partial charge in [0.05, 0.1) is 17.0 Å². The summed E-state index contributed by atoms with van der Waals surface area (Å²) in [5, 5.41) is 11.9. The van der Waals surface area contributed by atoms with Crippen LogP contribution in [0.1, 0.15) is 30.6 Å². The van der Waals surface area contributed by atoms with E-state index in [4.69, 9.17) is 0 Å². The Labute approximate surface area is 133 Å². The third-order valence-electron chi connectivity index (χ3n) is 3.78. The molecule has 1 atom stereocenters. The van der Waals surface area contributed by atoms with Crippen molar-refractivity contribution in [3.63, 3.8) is 0 Å². The fourth-order valence-corrected chi connectivity index (χ4v) is 2.52. The van der Waals surface area contributed by atoms with E-state index in [1.165, 1.54) is 4.57 Å². The van der Waals surface area contributed by atoms with Crippen molar-refractivity contribution in [2.45, 2.75) is 20.3 Å². The number of rotatable bonds is 6. The van der Waals surface area contributed by atoms with E-state index < -0.39 is 11.9 Å². The molecule has 1 unspecified atom stereocenters. The highest BCUT2D eigenvalue weighted by atomic mass is 16.4. The van der Waals surface area contributed by atoms with Gasteiger partial charge in [-0.1, -0.05) is 13.8 Å². The third kappa shape index (κ3) is 3.80. The number of carbonyl (C=O) groups excluding carboxylic acids is 1. The zero-order valence-corrected chi connectivity index (χ0v) is 13.4. The maximum absolute atomic E-state index is 12.2. The number of benzene rings is 1. The van der Waals surface area contributed by atoms with E-state index in [0.29, 0.717) is 23.0 Å². The normalized spacial score (nSPS) is 12.5. The Morgan fingerprint density at radius 3 is 2.65 bits per heavy atom. The quantitative estimate of drug-likeness (QED) is 0.747. The van der Waals surface area contributed by atoms with Gasteiger partial charge in [0.2, 0.25) is 0 Å². The summed E-state index contributed by atoms with van der Waals surface area (Å²) in [5.41, 5.74) is 1.41. The number of nitrogens with zero attached hydrogens (tertiary/aromatic N) is 1. The molecule has 0 aliphatic carbocycles. The zero-order chi connectivity index (χ0) is 17.1. The highest BCUT2D eigenvalue weighted by Crippen LogP contribution is 2.14. The van der Waals surface area contributed by atoms with Crippen LogP contribution in [0.25, 0.3) is 11.0 Å². The molecule has 0 spiro atoms. The lowest BCUT2D eigenvalue weighted by Gasteiger charge is -2.15. The Balaban J connectivity index is 2.12. The monoisotopic (exact) mass is 319 g/mol. The second kappa shape index (κ2) is 6.68. The van der Waals surface area contributed by atoms with Crippen molar-refractivity contribution in [3.8, 4) is 0 Å². The lowest BCUT2D eigenvalue weighted by molar-refractivity contribution is -0.142. The van der Waals surface area contributed by atoms with Crippen LogP contribution in [0.2, 0.25) is 0 Å². The van der Waals surface area contributed by atoms with Gasteiger partial charge < -0.3 is 15.4 Å². The Hall–Kier alpha value is -2.57. The van der Waals surface area contributed by atoms with E-state index in [0.717, 1.165) is 0 Å². The van der Waals surface area contributed by atoms with E-state index >= 15 is 0 Å². The number of aryl methyl sites for hydroxylation is 1. The number of imidazole rings is 1. The van der Waals surface area contributed by atoms with E-state index in [2.05, 4.69) is 10.3 Å². The molecular formula is C16H21N3O4. The third-order valence-corrected chi connectivity index (χ3v) is 3.78. The predicted molar refractivity (Wildman–Crippen MR) is 86.5 cm³/mol. The summed E-state index contributed by atoms with van der Waals surface area (Å²) in [4.78, 5) is 37.7. The minimum Gasteiger partial charge on any atom is -0.481 e. The number of aromatic amines is 1. The van der Waals surface area contributed by atoms with Gasteiger partial charge in [-0.2, -0.15) is 0 Å². The van der Waals surface area contributed by atoms with Crippen molar-refractivity contribution in [1.82, 2.24) is 14.9 Å². The van der Waals surface area contributed by atoms with E-state index in [1.54, 1.807) is 25.2 Å². The predicted octanol–water partition coefficient (Wildman–Crippen LogP) is 1.34. The molecule has 3 N–H and O–H groups in total. The number of aromatic nitrogens is 2. The van der Waals surface area contributed by atoms with Gasteiger partial charge in [-0.25, -0.2) is 4.79 Å². The molecule has 2 aromatic rings. The van der Waals surface area contributed by atoms with Crippen LogP contribution in [0.5, 0.6) is 0 Å². The Morgan fingerprint density at radius 2 is 2.04 bits per heavy atom. The van der Waals surface area contributed by atoms with Crippen molar-refractivity contribution in [3.05, 3.63) is 34.2 Å². The van der Waals surface area contributed by atoms with Crippen molar-refractivity contribution >= 4 is 22.9 Å². The first-order valence-electron chi connectivity index (χ1n) is 7.49. The lowest BCUT2D eigenvalue weighted by Crippen LogP contribution is -2.33. The van der Waals surface area contributed by atoms with Crippen LogP contribution in [0.4, 0.5) is 0 Å². The maximum Gasteiger partial charge on any atom is 0.326 e. The van der Waals surface area contributed by atoms with Crippen molar-refractivity contribution in [2.24, 2.45) is 18.9 Å². The average Bonchev–Trinajstić information content (AvgIpc) is 2.77. The van der Waals surface area contributed by atoms with Gasteiger partial charge in [-0.05, 0) is 30.5 Å². The van der Waals surface area contributed by atoms with Crippen LogP contribution in [0.3, 0.4) is 0 Å². The fraction of sp³-hybridized carbons (Fsp3) is 0.438. The van der Waals surface area contributed by atoms with Crippen molar-refractivity contribution < 1.29 is 14.7 Å². The Kier molecular flexibility index (Phi) is 4.88. The first-order chi connectivity index (χ1) is 10.8. The molecule has 1 aromatic heterocycles. The highest BCUT2D eigenvalue weighted by molar-refractivity contribution is 5.97. The smallest absolute Gasteiger partial charge is 0.326 e. The van der Waals surface area contributed by atoms with Crippen molar-refractivity contribution in [2.75, 3.05) is 6.54 Å². The van der Waals surface area contributed by atoms with E-state index in [1.807, 2.05) is 13.8 Å². The number of carboxylic acid groups (broad SMARTS) is 1. The topological polar surface area (TPSA) is 104 Å². The minimum atomic E-state index is -0.914. The number of hydrogen-bond donors (Lipinski definition) is 3. The molecule has 0 bridgehead atoms. The number of nitrogens with one attached hydrogen (secondary N) is 2. The van der Waals surface area contributed by atoms with Gasteiger partial charge in [0.25, 0.3) is 5.91 Å². The minimum absolute atomic E-state index is 0.0798. The molecule has 1 amide bonds. The van der Waals surface area contributed by atoms with Crippen LogP contribution < -0.4 is 11.0 Å². The molecule has 7 nitrogen and oxygen atoms in total. The van der Waals surface area contributed by atoms with Gasteiger partial charge in [0, 0.05) is 19.2 Å². The fourth-order valence-electron chi connectivity index (χ4n) is 2.52. The number of carboxylic acids is 1. The molecule has 7 heteroatoms. The molecule has 1 heterocycles. The molecule has 0 aliphatic rings. The summed E-state index contributed by atoms with van der Waals surface area (Å²) < 4.78 is 1.42. The zero-order valence-electron chi connectivity index (χ0n) is 13.4. The van der Waals surface area contributed by atoms with Crippen LogP contribution in [0, 0.1) is 11.8 Å². The lowest BCUT2D eigenvalue weighted by atomic mass is 9.97. The van der Waals surface area contributed by atoms with Gasteiger partial charge in [0.1, 0.15) is 0 Å². The van der Waals surface area contributed by atoms with Crippen LogP contribution in [-0.2, 0) is 11.8 Å². The van der Waals surface area contributed by atoms with Crippen LogP contribution in [-0.4, -0.2) is 33.1 Å². The summed E-state index contributed by atoms with van der Waals surface area (Å²) in [7, 11) is 1.62.